The lowest BCUT2D eigenvalue weighted by Gasteiger charge is -2.32. The van der Waals surface area contributed by atoms with E-state index in [4.69, 9.17) is 16.3 Å². The van der Waals surface area contributed by atoms with Crippen molar-refractivity contribution in [3.8, 4) is 0 Å². The predicted molar refractivity (Wildman–Crippen MR) is 133 cm³/mol. The van der Waals surface area contributed by atoms with Gasteiger partial charge in [0.25, 0.3) is 0 Å². The molecular formula is C25H27ClF2N4O4. The van der Waals surface area contributed by atoms with Gasteiger partial charge in [-0.1, -0.05) is 23.7 Å². The molecule has 0 radical (unpaired) electrons. The molecule has 3 aromatic rings. The topological polar surface area (TPSA) is 104 Å². The van der Waals surface area contributed by atoms with Crippen molar-refractivity contribution < 1.29 is 28.2 Å². The predicted octanol–water partition coefficient (Wildman–Crippen LogP) is 5.09. The Morgan fingerprint density at radius 2 is 1.83 bits per heavy atom. The Hall–Kier alpha value is -3.50. The van der Waals surface area contributed by atoms with Crippen LogP contribution in [-0.4, -0.2) is 52.4 Å². The number of carbonyl (C=O) groups is 2. The Morgan fingerprint density at radius 3 is 2.53 bits per heavy atom. The number of anilines is 1. The van der Waals surface area contributed by atoms with Gasteiger partial charge in [0.05, 0.1) is 11.6 Å². The van der Waals surface area contributed by atoms with Gasteiger partial charge in [0.1, 0.15) is 24.1 Å². The van der Waals surface area contributed by atoms with E-state index >= 15 is 0 Å². The number of nitrogens with one attached hydrogen (secondary N) is 2. The molecule has 1 heterocycles. The maximum atomic E-state index is 13.3. The molecular weight excluding hydrogens is 494 g/mol. The first-order valence-corrected chi connectivity index (χ1v) is 11.4. The summed E-state index contributed by atoms with van der Waals surface area (Å²) in [5.74, 6) is -0.669. The van der Waals surface area contributed by atoms with Crippen LogP contribution in [0.2, 0.25) is 5.02 Å². The molecule has 0 aliphatic heterocycles. The highest BCUT2D eigenvalue weighted by Crippen LogP contribution is 2.20. The fourth-order valence-corrected chi connectivity index (χ4v) is 3.74. The second-order valence-electron chi connectivity index (χ2n) is 8.96. The third-order valence-corrected chi connectivity index (χ3v) is 5.72. The summed E-state index contributed by atoms with van der Waals surface area (Å²) in [5, 5.41) is 16.9. The van der Waals surface area contributed by atoms with E-state index in [2.05, 4.69) is 15.6 Å². The maximum absolute atomic E-state index is 13.3. The quantitative estimate of drug-likeness (QED) is 0.384. The molecule has 8 nitrogen and oxygen atoms in total. The molecule has 1 atom stereocenters. The Morgan fingerprint density at radius 1 is 1.14 bits per heavy atom. The number of benzene rings is 2. The van der Waals surface area contributed by atoms with E-state index in [-0.39, 0.29) is 30.4 Å². The standard InChI is InChI=1S/C25H27ClF2N4O4/c1-25(2,35)11-20(32(3)23(33)30-12-16-5-7-19(28)10-21(16)26)14-36-24(34)31-22-9-15-4-6-18(27)8-17(15)13-29-22/h4-10,13,20,35H,11-12,14H2,1-3H3,(H,30,33)(H,29,31,34)/t20-/m0/s1. The van der Waals surface area contributed by atoms with Gasteiger partial charge in [-0.05, 0) is 61.5 Å². The average Bonchev–Trinajstić information content (AvgIpc) is 2.80. The molecule has 0 bridgehead atoms. The van der Waals surface area contributed by atoms with Crippen molar-refractivity contribution in [2.75, 3.05) is 19.0 Å². The molecule has 0 saturated heterocycles. The van der Waals surface area contributed by atoms with Crippen molar-refractivity contribution in [1.82, 2.24) is 15.2 Å². The van der Waals surface area contributed by atoms with Crippen molar-refractivity contribution in [3.63, 3.8) is 0 Å². The minimum atomic E-state index is -1.16. The molecule has 36 heavy (non-hydrogen) atoms. The Balaban J connectivity index is 1.60. The van der Waals surface area contributed by atoms with Gasteiger partial charge >= 0.3 is 12.1 Å². The van der Waals surface area contributed by atoms with E-state index in [1.54, 1.807) is 26.0 Å². The highest BCUT2D eigenvalue weighted by atomic mass is 35.5. The number of carbonyl (C=O) groups excluding carboxylic acids is 2. The lowest BCUT2D eigenvalue weighted by atomic mass is 9.99. The van der Waals surface area contributed by atoms with Gasteiger partial charge in [0, 0.05) is 30.2 Å². The first kappa shape index (κ1) is 27.1. The number of amides is 3. The van der Waals surface area contributed by atoms with Crippen LogP contribution in [0.4, 0.5) is 24.2 Å². The van der Waals surface area contributed by atoms with Gasteiger partial charge in [-0.3, -0.25) is 5.32 Å². The average molecular weight is 521 g/mol. The largest absolute Gasteiger partial charge is 0.447 e. The number of likely N-dealkylation sites (N-methyl/N-ethyl adjacent to an activating group) is 1. The number of hydrogen-bond donors (Lipinski definition) is 3. The van der Waals surface area contributed by atoms with Gasteiger partial charge in [-0.15, -0.1) is 0 Å². The number of fused-ring (bicyclic) bond motifs is 1. The highest BCUT2D eigenvalue weighted by Gasteiger charge is 2.28. The van der Waals surface area contributed by atoms with Crippen LogP contribution in [-0.2, 0) is 11.3 Å². The smallest absolute Gasteiger partial charge is 0.412 e. The summed E-state index contributed by atoms with van der Waals surface area (Å²) in [6.45, 7) is 2.99. The van der Waals surface area contributed by atoms with Gasteiger partial charge in [0.2, 0.25) is 0 Å². The number of nitrogens with zero attached hydrogens (tertiary/aromatic N) is 2. The molecule has 0 aliphatic rings. The van der Waals surface area contributed by atoms with E-state index in [0.29, 0.717) is 16.3 Å². The van der Waals surface area contributed by atoms with Gasteiger partial charge in [0.15, 0.2) is 0 Å². The van der Waals surface area contributed by atoms with Crippen LogP contribution in [0.15, 0.2) is 48.7 Å². The number of aliphatic hydroxyl groups is 1. The molecule has 0 fully saturated rings. The zero-order valence-electron chi connectivity index (χ0n) is 20.0. The van der Waals surface area contributed by atoms with Crippen molar-refractivity contribution in [2.45, 2.75) is 38.5 Å². The second-order valence-corrected chi connectivity index (χ2v) is 9.37. The monoisotopic (exact) mass is 520 g/mol. The van der Waals surface area contributed by atoms with Crippen molar-refractivity contribution >= 4 is 40.3 Å². The van der Waals surface area contributed by atoms with Gasteiger partial charge in [-0.2, -0.15) is 0 Å². The van der Waals surface area contributed by atoms with Crippen LogP contribution in [0.3, 0.4) is 0 Å². The Bertz CT molecular complexity index is 1250. The van der Waals surface area contributed by atoms with E-state index in [0.717, 1.165) is 6.07 Å². The fraction of sp³-hybridized carbons (Fsp3) is 0.320. The van der Waals surface area contributed by atoms with E-state index in [9.17, 15) is 23.5 Å². The molecule has 3 rings (SSSR count). The zero-order chi connectivity index (χ0) is 26.5. The van der Waals surface area contributed by atoms with E-state index in [1.165, 1.54) is 42.4 Å². The lowest BCUT2D eigenvalue weighted by molar-refractivity contribution is 0.0277. The molecule has 1 aromatic heterocycles. The number of hydrogen-bond acceptors (Lipinski definition) is 5. The summed E-state index contributed by atoms with van der Waals surface area (Å²) in [4.78, 5) is 30.5. The van der Waals surface area contributed by atoms with Crippen LogP contribution in [0.1, 0.15) is 25.8 Å². The van der Waals surface area contributed by atoms with Crippen LogP contribution in [0.25, 0.3) is 10.8 Å². The molecule has 0 saturated carbocycles. The minimum absolute atomic E-state index is 0.0520. The Labute approximate surface area is 212 Å². The zero-order valence-corrected chi connectivity index (χ0v) is 20.8. The third-order valence-electron chi connectivity index (χ3n) is 5.37. The maximum Gasteiger partial charge on any atom is 0.412 e. The molecule has 3 amide bonds. The number of rotatable bonds is 8. The summed E-state index contributed by atoms with van der Waals surface area (Å²) >= 11 is 6.01. The highest BCUT2D eigenvalue weighted by molar-refractivity contribution is 6.31. The summed E-state index contributed by atoms with van der Waals surface area (Å²) in [6.07, 6.45) is 0.731. The number of urea groups is 1. The van der Waals surface area contributed by atoms with Crippen LogP contribution in [0.5, 0.6) is 0 Å². The molecule has 3 N–H and O–H groups in total. The van der Waals surface area contributed by atoms with Gasteiger partial charge in [-0.25, -0.2) is 23.4 Å². The summed E-state index contributed by atoms with van der Waals surface area (Å²) < 4.78 is 31.9. The molecule has 2 aromatic carbocycles. The van der Waals surface area contributed by atoms with E-state index < -0.39 is 35.4 Å². The SMILES string of the molecule is CN(C(=O)NCc1ccc(F)cc1Cl)[C@H](COC(=O)Nc1cc2ccc(F)cc2cn1)CC(C)(C)O. The van der Waals surface area contributed by atoms with Crippen molar-refractivity contribution in [1.29, 1.82) is 0 Å². The number of ether oxygens (including phenoxy) is 1. The van der Waals surface area contributed by atoms with E-state index in [1.807, 2.05) is 0 Å². The van der Waals surface area contributed by atoms with Crippen molar-refractivity contribution in [3.05, 3.63) is 70.9 Å². The molecule has 11 heteroatoms. The first-order chi connectivity index (χ1) is 16.9. The van der Waals surface area contributed by atoms with Crippen LogP contribution < -0.4 is 10.6 Å². The molecule has 0 unspecified atom stereocenters. The van der Waals surface area contributed by atoms with Crippen molar-refractivity contribution in [2.24, 2.45) is 0 Å². The Kier molecular flexibility index (Phi) is 8.65. The number of halogens is 3. The second kappa shape index (κ2) is 11.5. The minimum Gasteiger partial charge on any atom is -0.447 e. The number of pyridine rings is 1. The van der Waals surface area contributed by atoms with Crippen LogP contribution in [0, 0.1) is 11.6 Å². The summed E-state index contributed by atoms with van der Waals surface area (Å²) in [6, 6.07) is 8.45. The lowest BCUT2D eigenvalue weighted by Crippen LogP contribution is -2.48. The molecule has 0 spiro atoms. The summed E-state index contributed by atoms with van der Waals surface area (Å²) in [5.41, 5.74) is -0.630. The third kappa shape index (κ3) is 7.76. The molecule has 192 valence electrons. The molecule has 0 aliphatic carbocycles. The fourth-order valence-electron chi connectivity index (χ4n) is 3.50. The first-order valence-electron chi connectivity index (χ1n) is 11.1. The normalized spacial score (nSPS) is 12.2. The summed E-state index contributed by atoms with van der Waals surface area (Å²) in [7, 11) is 1.50. The van der Waals surface area contributed by atoms with Crippen LogP contribution >= 0.6 is 11.6 Å². The number of aromatic nitrogens is 1. The van der Waals surface area contributed by atoms with Gasteiger partial charge < -0.3 is 20.1 Å².